The zero-order chi connectivity index (χ0) is 9.97. The maximum Gasteiger partial charge on any atom is 0.102 e. The molecule has 0 amide bonds. The zero-order valence-corrected chi connectivity index (χ0v) is 7.75. The quantitative estimate of drug-likeness (QED) is 0.689. The summed E-state index contributed by atoms with van der Waals surface area (Å²) >= 11 is 0. The third-order valence-electron chi connectivity index (χ3n) is 1.87. The molecule has 0 saturated heterocycles. The van der Waals surface area contributed by atoms with E-state index in [1.165, 1.54) is 0 Å². The average Bonchev–Trinajstić information content (AvgIpc) is 2.76. The summed E-state index contributed by atoms with van der Waals surface area (Å²) in [7, 11) is 1.87. The molecule has 0 aliphatic rings. The third-order valence-corrected chi connectivity index (χ3v) is 1.87. The van der Waals surface area contributed by atoms with Gasteiger partial charge in [-0.15, -0.1) is 0 Å². The van der Waals surface area contributed by atoms with Crippen LogP contribution in [0.25, 0.3) is 0 Å². The van der Waals surface area contributed by atoms with Gasteiger partial charge in [0.2, 0.25) is 0 Å². The molecule has 0 bridgehead atoms. The number of hydrogen-bond donors (Lipinski definition) is 0. The fourth-order valence-corrected chi connectivity index (χ4v) is 1.25. The number of hydrogen-bond acceptors (Lipinski definition) is 3. The monoisotopic (exact) mass is 187 g/mol. The van der Waals surface area contributed by atoms with Crippen LogP contribution in [0.5, 0.6) is 0 Å². The van der Waals surface area contributed by atoms with Crippen molar-refractivity contribution < 1.29 is 0 Å². The first-order valence-electron chi connectivity index (χ1n) is 4.18. The van der Waals surface area contributed by atoms with E-state index < -0.39 is 0 Å². The van der Waals surface area contributed by atoms with Gasteiger partial charge >= 0.3 is 0 Å². The van der Waals surface area contributed by atoms with Gasteiger partial charge in [0.15, 0.2) is 0 Å². The van der Waals surface area contributed by atoms with Crippen molar-refractivity contribution in [3.63, 3.8) is 0 Å². The van der Waals surface area contributed by atoms with Crippen LogP contribution in [0, 0.1) is 11.3 Å². The summed E-state index contributed by atoms with van der Waals surface area (Å²) in [5.41, 5.74) is 1.65. The van der Waals surface area contributed by atoms with Crippen LogP contribution in [0.3, 0.4) is 0 Å². The molecular formula is C9H9N5. The summed E-state index contributed by atoms with van der Waals surface area (Å²) in [5, 5.41) is 16.7. The molecule has 0 unspecified atom stereocenters. The van der Waals surface area contributed by atoms with Crippen LogP contribution in [0.2, 0.25) is 0 Å². The van der Waals surface area contributed by atoms with Gasteiger partial charge in [0.05, 0.1) is 24.5 Å². The van der Waals surface area contributed by atoms with Gasteiger partial charge in [-0.05, 0) is 0 Å². The molecule has 0 saturated carbocycles. The minimum Gasteiger partial charge on any atom is -0.275 e. The first-order valence-corrected chi connectivity index (χ1v) is 4.18. The molecular weight excluding hydrogens is 178 g/mol. The van der Waals surface area contributed by atoms with Gasteiger partial charge in [-0.2, -0.15) is 15.5 Å². The highest BCUT2D eigenvalue weighted by atomic mass is 15.3. The molecule has 2 aromatic heterocycles. The van der Waals surface area contributed by atoms with Crippen molar-refractivity contribution in [1.82, 2.24) is 19.6 Å². The molecule has 0 radical (unpaired) electrons. The molecule has 0 aliphatic heterocycles. The Balaban J connectivity index is 2.15. The predicted molar refractivity (Wildman–Crippen MR) is 49.3 cm³/mol. The number of nitrogens with zero attached hydrogens (tertiary/aromatic N) is 5. The Morgan fingerprint density at radius 1 is 1.36 bits per heavy atom. The van der Waals surface area contributed by atoms with E-state index in [4.69, 9.17) is 5.26 Å². The molecule has 14 heavy (non-hydrogen) atoms. The fraction of sp³-hybridized carbons (Fsp3) is 0.222. The van der Waals surface area contributed by atoms with E-state index in [1.807, 2.05) is 19.3 Å². The van der Waals surface area contributed by atoms with Crippen LogP contribution in [-0.2, 0) is 13.6 Å². The van der Waals surface area contributed by atoms with Crippen molar-refractivity contribution >= 4 is 0 Å². The number of rotatable bonds is 2. The average molecular weight is 187 g/mol. The Morgan fingerprint density at radius 3 is 2.79 bits per heavy atom. The van der Waals surface area contributed by atoms with E-state index in [1.54, 1.807) is 28.0 Å². The maximum atomic E-state index is 8.60. The first-order chi connectivity index (χ1) is 6.78. The summed E-state index contributed by atoms with van der Waals surface area (Å²) in [5.74, 6) is 0. The van der Waals surface area contributed by atoms with Crippen molar-refractivity contribution in [3.05, 3.63) is 35.9 Å². The van der Waals surface area contributed by atoms with Gasteiger partial charge in [0.25, 0.3) is 0 Å². The van der Waals surface area contributed by atoms with Crippen LogP contribution < -0.4 is 0 Å². The van der Waals surface area contributed by atoms with Crippen LogP contribution in [0.1, 0.15) is 11.1 Å². The van der Waals surface area contributed by atoms with Gasteiger partial charge in [-0.3, -0.25) is 9.36 Å². The van der Waals surface area contributed by atoms with E-state index in [0.717, 1.165) is 5.56 Å². The molecule has 2 rings (SSSR count). The van der Waals surface area contributed by atoms with Gasteiger partial charge < -0.3 is 0 Å². The second kappa shape index (κ2) is 3.34. The van der Waals surface area contributed by atoms with Crippen LogP contribution in [-0.4, -0.2) is 19.6 Å². The van der Waals surface area contributed by atoms with Crippen LogP contribution in [0.15, 0.2) is 24.8 Å². The van der Waals surface area contributed by atoms with E-state index in [2.05, 4.69) is 10.2 Å². The molecule has 5 heteroatoms. The highest BCUT2D eigenvalue weighted by Gasteiger charge is 2.00. The summed E-state index contributed by atoms with van der Waals surface area (Å²) in [6, 6.07) is 2.03. The lowest BCUT2D eigenvalue weighted by Gasteiger charge is -1.95. The maximum absolute atomic E-state index is 8.60. The van der Waals surface area contributed by atoms with Gasteiger partial charge in [0, 0.05) is 25.0 Å². The molecule has 2 heterocycles. The van der Waals surface area contributed by atoms with Gasteiger partial charge in [-0.25, -0.2) is 0 Å². The van der Waals surface area contributed by atoms with Gasteiger partial charge in [0.1, 0.15) is 6.07 Å². The fourth-order valence-electron chi connectivity index (χ4n) is 1.25. The Labute approximate surface area is 81.2 Å². The van der Waals surface area contributed by atoms with E-state index >= 15 is 0 Å². The summed E-state index contributed by atoms with van der Waals surface area (Å²) in [6.07, 6.45) is 6.98. The Bertz CT molecular complexity index is 473. The van der Waals surface area contributed by atoms with Crippen molar-refractivity contribution in [1.29, 1.82) is 5.26 Å². The molecule has 0 spiro atoms. The van der Waals surface area contributed by atoms with E-state index in [9.17, 15) is 0 Å². The number of aromatic nitrogens is 4. The van der Waals surface area contributed by atoms with Gasteiger partial charge in [-0.1, -0.05) is 0 Å². The Kier molecular flexibility index (Phi) is 2.03. The lowest BCUT2D eigenvalue weighted by atomic mass is 10.3. The Morgan fingerprint density at radius 2 is 2.21 bits per heavy atom. The highest BCUT2D eigenvalue weighted by Crippen LogP contribution is 2.01. The first kappa shape index (κ1) is 8.51. The summed E-state index contributed by atoms with van der Waals surface area (Å²) < 4.78 is 3.46. The van der Waals surface area contributed by atoms with Crippen molar-refractivity contribution in [2.75, 3.05) is 0 Å². The highest BCUT2D eigenvalue weighted by molar-refractivity contribution is 5.22. The van der Waals surface area contributed by atoms with Crippen molar-refractivity contribution in [2.24, 2.45) is 7.05 Å². The summed E-state index contributed by atoms with van der Waals surface area (Å²) in [6.45, 7) is 0.648. The van der Waals surface area contributed by atoms with Crippen molar-refractivity contribution in [3.8, 4) is 6.07 Å². The topological polar surface area (TPSA) is 59.4 Å². The SMILES string of the molecule is Cn1cc(Cn2cc(C#N)cn2)cn1. The lowest BCUT2D eigenvalue weighted by Crippen LogP contribution is -1.98. The zero-order valence-electron chi connectivity index (χ0n) is 7.75. The minimum atomic E-state index is 0.578. The standard InChI is InChI=1S/C9H9N5/c1-13-5-9(4-11-13)7-14-6-8(2-10)3-12-14/h3-6H,7H2,1H3. The molecule has 5 nitrogen and oxygen atoms in total. The number of nitriles is 1. The van der Waals surface area contributed by atoms with E-state index in [0.29, 0.717) is 12.1 Å². The van der Waals surface area contributed by atoms with E-state index in [-0.39, 0.29) is 0 Å². The molecule has 0 aromatic carbocycles. The largest absolute Gasteiger partial charge is 0.275 e. The molecule has 0 atom stereocenters. The number of aryl methyl sites for hydroxylation is 1. The van der Waals surface area contributed by atoms with Crippen molar-refractivity contribution in [2.45, 2.75) is 6.54 Å². The third kappa shape index (κ3) is 1.64. The summed E-state index contributed by atoms with van der Waals surface area (Å²) in [4.78, 5) is 0. The second-order valence-electron chi connectivity index (χ2n) is 3.06. The van der Waals surface area contributed by atoms with Crippen LogP contribution in [0.4, 0.5) is 0 Å². The normalized spacial score (nSPS) is 10.0. The molecule has 2 aromatic rings. The molecule has 70 valence electrons. The Hall–Kier alpha value is -2.09. The minimum absolute atomic E-state index is 0.578. The lowest BCUT2D eigenvalue weighted by molar-refractivity contribution is 0.685. The second-order valence-corrected chi connectivity index (χ2v) is 3.06. The smallest absolute Gasteiger partial charge is 0.102 e. The molecule has 0 fully saturated rings. The molecule has 0 aliphatic carbocycles. The predicted octanol–water partition coefficient (Wildman–Crippen LogP) is 0.537. The van der Waals surface area contributed by atoms with Crippen LogP contribution >= 0.6 is 0 Å². The molecule has 0 N–H and O–H groups in total.